The van der Waals surface area contributed by atoms with Crippen molar-refractivity contribution in [2.75, 3.05) is 6.54 Å². The average molecular weight is 388 g/mol. The van der Waals surface area contributed by atoms with E-state index in [1.54, 1.807) is 4.57 Å². The number of aryl methyl sites for hydroxylation is 1. The predicted molar refractivity (Wildman–Crippen MR) is 99.2 cm³/mol. The first-order chi connectivity index (χ1) is 12.9. The molecule has 0 fully saturated rings. The fraction of sp³-hybridized carbons (Fsp3) is 0.176. The molecule has 2 heterocycles. The van der Waals surface area contributed by atoms with Crippen molar-refractivity contribution < 1.29 is 12.8 Å². The van der Waals surface area contributed by atoms with Crippen LogP contribution >= 0.6 is 0 Å². The maximum atomic E-state index is 12.4. The molecule has 140 valence electrons. The third-order valence-electron chi connectivity index (χ3n) is 4.23. The van der Waals surface area contributed by atoms with Crippen molar-refractivity contribution in [3.05, 3.63) is 63.5 Å². The Labute approximate surface area is 152 Å². The van der Waals surface area contributed by atoms with Gasteiger partial charge in [-0.25, -0.2) is 22.7 Å². The van der Waals surface area contributed by atoms with Crippen LogP contribution in [0.25, 0.3) is 22.1 Å². The van der Waals surface area contributed by atoms with Crippen LogP contribution in [-0.4, -0.2) is 29.5 Å². The lowest BCUT2D eigenvalue weighted by atomic mass is 10.3. The molecule has 10 heteroatoms. The van der Waals surface area contributed by atoms with E-state index in [9.17, 15) is 18.0 Å². The Kier molecular flexibility index (Phi) is 4.21. The summed E-state index contributed by atoms with van der Waals surface area (Å²) in [7, 11) is -3.76. The van der Waals surface area contributed by atoms with E-state index in [0.29, 0.717) is 18.5 Å². The van der Waals surface area contributed by atoms with Gasteiger partial charge in [0.25, 0.3) is 0 Å². The number of nitrogens with zero attached hydrogens (tertiary/aromatic N) is 1. The van der Waals surface area contributed by atoms with Crippen molar-refractivity contribution in [1.29, 1.82) is 0 Å². The second-order valence-electron chi connectivity index (χ2n) is 6.02. The lowest BCUT2D eigenvalue weighted by molar-refractivity contribution is 0.552. The molecule has 0 atom stereocenters. The number of benzene rings is 2. The third kappa shape index (κ3) is 3.32. The van der Waals surface area contributed by atoms with Gasteiger partial charge in [0.15, 0.2) is 5.58 Å². The molecule has 0 amide bonds. The van der Waals surface area contributed by atoms with Crippen molar-refractivity contribution in [2.45, 2.75) is 17.9 Å². The number of imidazole rings is 1. The minimum absolute atomic E-state index is 0.00186. The SMILES string of the molecule is O=c1[nH]c2ccc(S(=O)(=O)NCCCn3c(=O)[nH]c4ccccc43)cc2o1. The fourth-order valence-corrected chi connectivity index (χ4v) is 4.04. The quantitative estimate of drug-likeness (QED) is 0.426. The van der Waals surface area contributed by atoms with Gasteiger partial charge >= 0.3 is 11.4 Å². The van der Waals surface area contributed by atoms with Gasteiger partial charge in [-0.1, -0.05) is 12.1 Å². The van der Waals surface area contributed by atoms with Crippen LogP contribution in [0.2, 0.25) is 0 Å². The maximum Gasteiger partial charge on any atom is 0.417 e. The van der Waals surface area contributed by atoms with Crippen LogP contribution < -0.4 is 16.2 Å². The molecule has 0 aliphatic rings. The number of hydrogen-bond acceptors (Lipinski definition) is 5. The third-order valence-corrected chi connectivity index (χ3v) is 5.69. The summed E-state index contributed by atoms with van der Waals surface area (Å²) in [5.74, 6) is -0.642. The zero-order valence-corrected chi connectivity index (χ0v) is 14.9. The molecule has 0 radical (unpaired) electrons. The molecular weight excluding hydrogens is 372 g/mol. The molecule has 0 saturated heterocycles. The Bertz CT molecular complexity index is 1340. The minimum atomic E-state index is -3.76. The zero-order valence-electron chi connectivity index (χ0n) is 14.1. The van der Waals surface area contributed by atoms with Crippen LogP contribution in [0.4, 0.5) is 0 Å². The topological polar surface area (TPSA) is 130 Å². The van der Waals surface area contributed by atoms with Crippen molar-refractivity contribution in [3.63, 3.8) is 0 Å². The summed E-state index contributed by atoms with van der Waals surface area (Å²) in [6, 6.07) is 11.5. The summed E-state index contributed by atoms with van der Waals surface area (Å²) in [5, 5.41) is 0. The first-order valence-corrected chi connectivity index (χ1v) is 9.72. The van der Waals surface area contributed by atoms with Crippen molar-refractivity contribution in [2.24, 2.45) is 0 Å². The molecule has 3 N–H and O–H groups in total. The highest BCUT2D eigenvalue weighted by Crippen LogP contribution is 2.16. The Morgan fingerprint density at radius 3 is 2.70 bits per heavy atom. The molecule has 2 aromatic heterocycles. The summed E-state index contributed by atoms with van der Waals surface area (Å²) >= 11 is 0. The lowest BCUT2D eigenvalue weighted by Gasteiger charge is -2.07. The maximum absolute atomic E-state index is 12.4. The van der Waals surface area contributed by atoms with E-state index >= 15 is 0 Å². The molecule has 0 unspecified atom stereocenters. The van der Waals surface area contributed by atoms with E-state index in [1.165, 1.54) is 18.2 Å². The molecule has 0 aliphatic heterocycles. The molecule has 0 bridgehead atoms. The molecule has 0 spiro atoms. The van der Waals surface area contributed by atoms with Gasteiger partial charge in [-0.05, 0) is 30.7 Å². The van der Waals surface area contributed by atoms with Crippen molar-refractivity contribution in [1.82, 2.24) is 19.3 Å². The normalized spacial score (nSPS) is 12.1. The van der Waals surface area contributed by atoms with Crippen LogP contribution in [0, 0.1) is 0 Å². The summed E-state index contributed by atoms with van der Waals surface area (Å²) < 4.78 is 33.8. The van der Waals surface area contributed by atoms with Gasteiger partial charge < -0.3 is 9.40 Å². The highest BCUT2D eigenvalue weighted by atomic mass is 32.2. The number of para-hydroxylation sites is 2. The van der Waals surface area contributed by atoms with Gasteiger partial charge in [0.1, 0.15) is 0 Å². The number of aromatic nitrogens is 3. The number of H-pyrrole nitrogens is 2. The number of sulfonamides is 1. The minimum Gasteiger partial charge on any atom is -0.408 e. The molecule has 2 aromatic carbocycles. The van der Waals surface area contributed by atoms with E-state index < -0.39 is 15.8 Å². The van der Waals surface area contributed by atoms with Gasteiger partial charge in [0.2, 0.25) is 10.0 Å². The van der Waals surface area contributed by atoms with E-state index in [2.05, 4.69) is 14.7 Å². The number of oxazole rings is 1. The smallest absolute Gasteiger partial charge is 0.408 e. The standard InChI is InChI=1S/C17H16N4O5S/c22-16-19-12-4-1-2-5-14(12)21(16)9-3-8-18-27(24,25)11-6-7-13-15(10-11)26-17(23)20-13/h1-2,4-7,10,18H,3,8-9H2,(H,19,22)(H,20,23). The monoisotopic (exact) mass is 388 g/mol. The van der Waals surface area contributed by atoms with Gasteiger partial charge in [-0.3, -0.25) is 9.55 Å². The molecule has 0 aliphatic carbocycles. The van der Waals surface area contributed by atoms with Crippen LogP contribution in [0.5, 0.6) is 0 Å². The van der Waals surface area contributed by atoms with E-state index in [0.717, 1.165) is 11.0 Å². The molecule has 4 rings (SSSR count). The lowest BCUT2D eigenvalue weighted by Crippen LogP contribution is -2.26. The summed E-state index contributed by atoms with van der Waals surface area (Å²) in [6.45, 7) is 0.528. The van der Waals surface area contributed by atoms with Crippen LogP contribution in [0.15, 0.2) is 61.4 Å². The summed E-state index contributed by atoms with van der Waals surface area (Å²) in [4.78, 5) is 28.4. The second-order valence-corrected chi connectivity index (χ2v) is 7.79. The number of nitrogens with one attached hydrogen (secondary N) is 3. The molecule has 4 aromatic rings. The Hall–Kier alpha value is -3.11. The number of rotatable bonds is 6. The summed E-state index contributed by atoms with van der Waals surface area (Å²) in [6.07, 6.45) is 0.433. The number of hydrogen-bond donors (Lipinski definition) is 3. The number of fused-ring (bicyclic) bond motifs is 2. The molecule has 0 saturated carbocycles. The van der Waals surface area contributed by atoms with Gasteiger partial charge in [0.05, 0.1) is 21.4 Å². The fourth-order valence-electron chi connectivity index (χ4n) is 2.95. The molecule has 9 nitrogen and oxygen atoms in total. The Morgan fingerprint density at radius 2 is 1.85 bits per heavy atom. The average Bonchev–Trinajstić information content (AvgIpc) is 3.16. The summed E-state index contributed by atoms with van der Waals surface area (Å²) in [5.41, 5.74) is 1.89. The van der Waals surface area contributed by atoms with Gasteiger partial charge in [-0.15, -0.1) is 0 Å². The highest BCUT2D eigenvalue weighted by molar-refractivity contribution is 7.89. The predicted octanol–water partition coefficient (Wildman–Crippen LogP) is 1.13. The van der Waals surface area contributed by atoms with Crippen LogP contribution in [0.3, 0.4) is 0 Å². The van der Waals surface area contributed by atoms with E-state index in [4.69, 9.17) is 4.42 Å². The van der Waals surface area contributed by atoms with E-state index in [-0.39, 0.29) is 22.7 Å². The van der Waals surface area contributed by atoms with Crippen molar-refractivity contribution >= 4 is 32.2 Å². The first kappa shape index (κ1) is 17.3. The van der Waals surface area contributed by atoms with Crippen LogP contribution in [-0.2, 0) is 16.6 Å². The number of aromatic amines is 2. The second kappa shape index (κ2) is 6.56. The van der Waals surface area contributed by atoms with Gasteiger partial charge in [0, 0.05) is 19.2 Å². The first-order valence-electron chi connectivity index (χ1n) is 8.24. The Morgan fingerprint density at radius 1 is 1.04 bits per heavy atom. The molecule has 27 heavy (non-hydrogen) atoms. The van der Waals surface area contributed by atoms with E-state index in [1.807, 2.05) is 24.3 Å². The zero-order chi connectivity index (χ0) is 19.0. The van der Waals surface area contributed by atoms with Crippen molar-refractivity contribution in [3.8, 4) is 0 Å². The van der Waals surface area contributed by atoms with Gasteiger partial charge in [-0.2, -0.15) is 0 Å². The highest BCUT2D eigenvalue weighted by Gasteiger charge is 2.15. The Balaban J connectivity index is 1.45. The largest absolute Gasteiger partial charge is 0.417 e. The van der Waals surface area contributed by atoms with Crippen LogP contribution in [0.1, 0.15) is 6.42 Å². The molecular formula is C17H16N4O5S.